The van der Waals surface area contributed by atoms with Gasteiger partial charge in [-0.3, -0.25) is 14.2 Å². The van der Waals surface area contributed by atoms with Crippen molar-refractivity contribution in [2.45, 2.75) is 32.3 Å². The third kappa shape index (κ3) is 4.90. The smallest absolute Gasteiger partial charge is 0.267 e. The Hall–Kier alpha value is -2.49. The molecular formula is C24H21BrFN3O2S2. The van der Waals surface area contributed by atoms with E-state index < -0.39 is 5.82 Å². The minimum Gasteiger partial charge on any atom is -0.323 e. The SMILES string of the molecule is CCc1ccc(-n2c(SCC(=O)Nc3ccc(Br)cc3F)nc3sc(C)c(C)c3c2=O)cc1. The average Bonchev–Trinajstić information content (AvgIpc) is 3.08. The van der Waals surface area contributed by atoms with Crippen molar-refractivity contribution < 1.29 is 9.18 Å². The van der Waals surface area contributed by atoms with Crippen LogP contribution in [-0.4, -0.2) is 21.2 Å². The molecule has 2 aromatic heterocycles. The molecule has 4 aromatic rings. The first-order valence-corrected chi connectivity index (χ1v) is 12.9. The van der Waals surface area contributed by atoms with E-state index in [4.69, 9.17) is 4.98 Å². The molecule has 0 radical (unpaired) electrons. The molecule has 0 saturated heterocycles. The van der Waals surface area contributed by atoms with E-state index in [9.17, 15) is 14.0 Å². The Morgan fingerprint density at radius 2 is 1.94 bits per heavy atom. The van der Waals surface area contributed by atoms with Crippen molar-refractivity contribution in [3.05, 3.63) is 79.1 Å². The normalized spacial score (nSPS) is 11.2. The van der Waals surface area contributed by atoms with Crippen molar-refractivity contribution >= 4 is 60.8 Å². The van der Waals surface area contributed by atoms with Crippen LogP contribution in [0, 0.1) is 19.7 Å². The summed E-state index contributed by atoms with van der Waals surface area (Å²) < 4.78 is 16.2. The van der Waals surface area contributed by atoms with E-state index >= 15 is 0 Å². The predicted octanol–water partition coefficient (Wildman–Crippen LogP) is 6.26. The van der Waals surface area contributed by atoms with E-state index in [1.807, 2.05) is 38.1 Å². The third-order valence-corrected chi connectivity index (χ3v) is 7.85. The number of carbonyl (C=O) groups excluding carboxylic acids is 1. The molecule has 1 N–H and O–H groups in total. The molecule has 0 aliphatic heterocycles. The lowest BCUT2D eigenvalue weighted by Crippen LogP contribution is -2.23. The highest BCUT2D eigenvalue weighted by atomic mass is 79.9. The fraction of sp³-hybridized carbons (Fsp3) is 0.208. The second-order valence-electron chi connectivity index (χ2n) is 7.48. The highest BCUT2D eigenvalue weighted by Crippen LogP contribution is 2.30. The maximum absolute atomic E-state index is 14.1. The number of thiophene rings is 1. The zero-order valence-corrected chi connectivity index (χ0v) is 21.5. The zero-order valence-electron chi connectivity index (χ0n) is 18.2. The Morgan fingerprint density at radius 1 is 1.21 bits per heavy atom. The van der Waals surface area contributed by atoms with Crippen LogP contribution in [0.25, 0.3) is 15.9 Å². The van der Waals surface area contributed by atoms with Crippen LogP contribution in [0.2, 0.25) is 0 Å². The fourth-order valence-corrected chi connectivity index (χ4v) is 5.60. The first kappa shape index (κ1) is 23.7. The Kier molecular flexibility index (Phi) is 7.02. The fourth-order valence-electron chi connectivity index (χ4n) is 3.39. The summed E-state index contributed by atoms with van der Waals surface area (Å²) in [6, 6.07) is 12.2. The highest BCUT2D eigenvalue weighted by molar-refractivity contribution is 9.10. The largest absolute Gasteiger partial charge is 0.323 e. The predicted molar refractivity (Wildman–Crippen MR) is 138 cm³/mol. The Bertz CT molecular complexity index is 1410. The first-order chi connectivity index (χ1) is 15.8. The van der Waals surface area contributed by atoms with Gasteiger partial charge in [0.2, 0.25) is 5.91 Å². The number of thioether (sulfide) groups is 1. The van der Waals surface area contributed by atoms with E-state index in [2.05, 4.69) is 28.2 Å². The van der Waals surface area contributed by atoms with Gasteiger partial charge in [-0.15, -0.1) is 11.3 Å². The number of halogens is 2. The van der Waals surface area contributed by atoms with Gasteiger partial charge in [0.05, 0.1) is 22.5 Å². The standard InChI is InChI=1S/C24H21BrFN3O2S2/c1-4-15-5-8-17(9-6-15)29-23(31)21-13(2)14(3)33-22(21)28-24(29)32-12-20(30)27-19-10-7-16(25)11-18(19)26/h5-11H,4,12H2,1-3H3,(H,27,30). The lowest BCUT2D eigenvalue weighted by molar-refractivity contribution is -0.113. The average molecular weight is 546 g/mol. The van der Waals surface area contributed by atoms with Crippen LogP contribution in [0.4, 0.5) is 10.1 Å². The minimum atomic E-state index is -0.528. The van der Waals surface area contributed by atoms with Gasteiger partial charge < -0.3 is 5.32 Å². The molecule has 2 aromatic carbocycles. The molecule has 1 amide bonds. The lowest BCUT2D eigenvalue weighted by atomic mass is 10.1. The molecule has 33 heavy (non-hydrogen) atoms. The summed E-state index contributed by atoms with van der Waals surface area (Å²) in [5.41, 5.74) is 2.72. The number of aromatic nitrogens is 2. The number of benzene rings is 2. The van der Waals surface area contributed by atoms with E-state index in [0.717, 1.165) is 34.2 Å². The van der Waals surface area contributed by atoms with Gasteiger partial charge in [-0.25, -0.2) is 9.37 Å². The number of nitrogens with zero attached hydrogens (tertiary/aromatic N) is 2. The van der Waals surface area contributed by atoms with E-state index in [0.29, 0.717) is 25.5 Å². The summed E-state index contributed by atoms with van der Waals surface area (Å²) >= 11 is 5.81. The molecule has 5 nitrogen and oxygen atoms in total. The van der Waals surface area contributed by atoms with Crippen molar-refractivity contribution in [2.75, 3.05) is 11.1 Å². The lowest BCUT2D eigenvalue weighted by Gasteiger charge is -2.13. The topological polar surface area (TPSA) is 64.0 Å². The molecular weight excluding hydrogens is 525 g/mol. The van der Waals surface area contributed by atoms with Crippen LogP contribution in [0.1, 0.15) is 22.9 Å². The third-order valence-electron chi connectivity index (χ3n) is 5.31. The van der Waals surface area contributed by atoms with Crippen molar-refractivity contribution in [1.82, 2.24) is 9.55 Å². The summed E-state index contributed by atoms with van der Waals surface area (Å²) in [4.78, 5) is 32.5. The van der Waals surface area contributed by atoms with Crippen molar-refractivity contribution in [3.63, 3.8) is 0 Å². The van der Waals surface area contributed by atoms with E-state index in [1.165, 1.54) is 23.5 Å². The molecule has 0 saturated carbocycles. The zero-order chi connectivity index (χ0) is 23.7. The first-order valence-electron chi connectivity index (χ1n) is 10.3. The minimum absolute atomic E-state index is 0.0240. The van der Waals surface area contributed by atoms with Gasteiger partial charge in [-0.05, 0) is 61.7 Å². The highest BCUT2D eigenvalue weighted by Gasteiger charge is 2.19. The Labute approximate surface area is 207 Å². The molecule has 0 aliphatic carbocycles. The molecule has 0 unspecified atom stereocenters. The van der Waals surface area contributed by atoms with Gasteiger partial charge in [-0.2, -0.15) is 0 Å². The molecule has 0 atom stereocenters. The van der Waals surface area contributed by atoms with Crippen molar-refractivity contribution in [2.24, 2.45) is 0 Å². The number of amides is 1. The van der Waals surface area contributed by atoms with Crippen LogP contribution < -0.4 is 10.9 Å². The maximum atomic E-state index is 14.1. The Balaban J connectivity index is 1.69. The molecule has 4 rings (SSSR count). The van der Waals surface area contributed by atoms with Gasteiger partial charge >= 0.3 is 0 Å². The summed E-state index contributed by atoms with van der Waals surface area (Å²) in [5.74, 6) is -0.939. The van der Waals surface area contributed by atoms with E-state index in [-0.39, 0.29) is 22.9 Å². The van der Waals surface area contributed by atoms with Gasteiger partial charge in [0.1, 0.15) is 10.6 Å². The van der Waals surface area contributed by atoms with Gasteiger partial charge in [0, 0.05) is 9.35 Å². The number of fused-ring (bicyclic) bond motifs is 1. The Morgan fingerprint density at radius 3 is 2.61 bits per heavy atom. The van der Waals surface area contributed by atoms with Gasteiger partial charge in [0.15, 0.2) is 5.16 Å². The van der Waals surface area contributed by atoms with Gasteiger partial charge in [0.25, 0.3) is 5.56 Å². The van der Waals surface area contributed by atoms with Gasteiger partial charge in [-0.1, -0.05) is 46.7 Å². The molecule has 2 heterocycles. The summed E-state index contributed by atoms with van der Waals surface area (Å²) in [6.45, 7) is 5.96. The second-order valence-corrected chi connectivity index (χ2v) is 10.5. The molecule has 9 heteroatoms. The maximum Gasteiger partial charge on any atom is 0.267 e. The van der Waals surface area contributed by atoms with Crippen molar-refractivity contribution in [3.8, 4) is 5.69 Å². The number of anilines is 1. The summed E-state index contributed by atoms with van der Waals surface area (Å²) in [5, 5.41) is 3.60. The number of hydrogen-bond acceptors (Lipinski definition) is 5. The number of nitrogens with one attached hydrogen (secondary N) is 1. The van der Waals surface area contributed by atoms with Crippen LogP contribution in [-0.2, 0) is 11.2 Å². The number of rotatable bonds is 6. The van der Waals surface area contributed by atoms with Crippen LogP contribution >= 0.6 is 39.0 Å². The molecule has 0 aliphatic rings. The molecule has 0 bridgehead atoms. The monoisotopic (exact) mass is 545 g/mol. The second kappa shape index (κ2) is 9.79. The van der Waals surface area contributed by atoms with Crippen LogP contribution in [0.15, 0.2) is 56.9 Å². The number of carbonyl (C=O) groups is 1. The number of hydrogen-bond donors (Lipinski definition) is 1. The molecule has 170 valence electrons. The summed E-state index contributed by atoms with van der Waals surface area (Å²) in [6.07, 6.45) is 0.893. The van der Waals surface area contributed by atoms with Crippen LogP contribution in [0.3, 0.4) is 0 Å². The molecule has 0 spiro atoms. The van der Waals surface area contributed by atoms with Crippen molar-refractivity contribution in [1.29, 1.82) is 0 Å². The van der Waals surface area contributed by atoms with E-state index in [1.54, 1.807) is 10.6 Å². The summed E-state index contributed by atoms with van der Waals surface area (Å²) in [7, 11) is 0. The molecule has 0 fully saturated rings. The quantitative estimate of drug-likeness (QED) is 0.229. The number of aryl methyl sites for hydroxylation is 3. The van der Waals surface area contributed by atoms with Crippen LogP contribution in [0.5, 0.6) is 0 Å².